The van der Waals surface area contributed by atoms with Gasteiger partial charge in [0.15, 0.2) is 0 Å². The average Bonchev–Trinajstić information content (AvgIpc) is 2.79. The van der Waals surface area contributed by atoms with Gasteiger partial charge < -0.3 is 14.4 Å². The number of likely N-dealkylation sites (tertiary alicyclic amines) is 1. The summed E-state index contributed by atoms with van der Waals surface area (Å²) in [5.41, 5.74) is -0.166. The normalized spacial score (nSPS) is 32.4. The van der Waals surface area contributed by atoms with E-state index in [2.05, 4.69) is 0 Å². The molecule has 0 unspecified atom stereocenters. The fraction of sp³-hybridized carbons (Fsp3) is 0.929. The summed E-state index contributed by atoms with van der Waals surface area (Å²) in [5, 5.41) is 0. The number of hydrogen-bond donors (Lipinski definition) is 0. The zero-order valence-corrected chi connectivity index (χ0v) is 11.7. The number of alkyl halides is 2. The van der Waals surface area contributed by atoms with E-state index in [9.17, 15) is 13.6 Å². The first-order valence-corrected chi connectivity index (χ1v) is 7.26. The molecule has 1 saturated carbocycles. The van der Waals surface area contributed by atoms with Crippen LogP contribution in [-0.2, 0) is 14.3 Å². The zero-order chi connectivity index (χ0) is 14.4. The number of halogens is 2. The summed E-state index contributed by atoms with van der Waals surface area (Å²) in [6.45, 7) is 1.83. The van der Waals surface area contributed by atoms with Gasteiger partial charge in [0.2, 0.25) is 11.8 Å². The molecule has 1 atom stereocenters. The number of nitrogens with zero attached hydrogens (tertiary/aromatic N) is 1. The Balaban J connectivity index is 1.50. The molecule has 0 aromatic carbocycles. The predicted octanol–water partition coefficient (Wildman–Crippen LogP) is 1.83. The smallest absolute Gasteiger partial charge is 0.249 e. The molecule has 1 aliphatic carbocycles. The van der Waals surface area contributed by atoms with Gasteiger partial charge in [-0.3, -0.25) is 4.79 Å². The SMILES string of the molecule is CO[C@@H]1COC2(CCN(C(=O)C3CC(F)(F)C3)CC2)C1. The summed E-state index contributed by atoms with van der Waals surface area (Å²) in [4.78, 5) is 13.8. The van der Waals surface area contributed by atoms with E-state index in [-0.39, 0.29) is 30.5 Å². The van der Waals surface area contributed by atoms with Crippen LogP contribution in [0.4, 0.5) is 8.78 Å². The topological polar surface area (TPSA) is 38.8 Å². The summed E-state index contributed by atoms with van der Waals surface area (Å²) < 4.78 is 36.8. The van der Waals surface area contributed by atoms with Crippen LogP contribution in [0.25, 0.3) is 0 Å². The van der Waals surface area contributed by atoms with Gasteiger partial charge in [-0.1, -0.05) is 0 Å². The van der Waals surface area contributed by atoms with Crippen LogP contribution >= 0.6 is 0 Å². The zero-order valence-electron chi connectivity index (χ0n) is 11.7. The highest BCUT2D eigenvalue weighted by Crippen LogP contribution is 2.44. The van der Waals surface area contributed by atoms with Crippen molar-refractivity contribution in [3.8, 4) is 0 Å². The molecule has 3 rings (SSSR count). The average molecular weight is 289 g/mol. The number of rotatable bonds is 2. The van der Waals surface area contributed by atoms with Gasteiger partial charge in [0.05, 0.1) is 18.3 Å². The maximum absolute atomic E-state index is 12.8. The molecule has 2 saturated heterocycles. The van der Waals surface area contributed by atoms with Crippen LogP contribution < -0.4 is 0 Å². The molecule has 0 radical (unpaired) electrons. The van der Waals surface area contributed by atoms with Crippen LogP contribution in [0.3, 0.4) is 0 Å². The van der Waals surface area contributed by atoms with Crippen molar-refractivity contribution in [3.05, 3.63) is 0 Å². The molecule has 3 aliphatic rings. The third kappa shape index (κ3) is 2.55. The lowest BCUT2D eigenvalue weighted by molar-refractivity contribution is -0.163. The van der Waals surface area contributed by atoms with Gasteiger partial charge >= 0.3 is 0 Å². The van der Waals surface area contributed by atoms with Gasteiger partial charge in [-0.25, -0.2) is 8.78 Å². The number of carbonyl (C=O) groups excluding carboxylic acids is 1. The van der Waals surface area contributed by atoms with E-state index in [0.717, 1.165) is 19.3 Å². The molecule has 0 aromatic rings. The van der Waals surface area contributed by atoms with Crippen molar-refractivity contribution < 1.29 is 23.0 Å². The van der Waals surface area contributed by atoms with E-state index in [1.54, 1.807) is 12.0 Å². The van der Waals surface area contributed by atoms with Crippen LogP contribution in [0, 0.1) is 5.92 Å². The highest BCUT2D eigenvalue weighted by Gasteiger charge is 2.51. The molecule has 0 bridgehead atoms. The first-order chi connectivity index (χ1) is 9.43. The van der Waals surface area contributed by atoms with Crippen LogP contribution in [0.1, 0.15) is 32.1 Å². The summed E-state index contributed by atoms with van der Waals surface area (Å²) in [6, 6.07) is 0. The predicted molar refractivity (Wildman–Crippen MR) is 67.6 cm³/mol. The fourth-order valence-electron chi connectivity index (χ4n) is 3.53. The Bertz CT molecular complexity index is 386. The lowest BCUT2D eigenvalue weighted by atomic mass is 9.79. The summed E-state index contributed by atoms with van der Waals surface area (Å²) in [5.74, 6) is -3.21. The Morgan fingerprint density at radius 1 is 1.25 bits per heavy atom. The number of ether oxygens (including phenoxy) is 2. The maximum atomic E-state index is 12.8. The minimum Gasteiger partial charge on any atom is -0.379 e. The number of hydrogen-bond acceptors (Lipinski definition) is 3. The molecule has 6 heteroatoms. The fourth-order valence-corrected chi connectivity index (χ4v) is 3.53. The largest absolute Gasteiger partial charge is 0.379 e. The van der Waals surface area contributed by atoms with Gasteiger partial charge in [0.1, 0.15) is 0 Å². The van der Waals surface area contributed by atoms with E-state index >= 15 is 0 Å². The van der Waals surface area contributed by atoms with Crippen molar-refractivity contribution in [1.82, 2.24) is 4.90 Å². The van der Waals surface area contributed by atoms with Gasteiger partial charge in [0.25, 0.3) is 0 Å². The lowest BCUT2D eigenvalue weighted by Crippen LogP contribution is -2.52. The molecule has 1 spiro atoms. The van der Waals surface area contributed by atoms with E-state index < -0.39 is 11.8 Å². The molecule has 114 valence electrons. The standard InChI is InChI=1S/C14H21F2NO3/c1-19-11-8-13(20-9-11)2-4-17(5-3-13)12(18)10-6-14(15,16)7-10/h10-11H,2-9H2,1H3/t11-/m0/s1. The van der Waals surface area contributed by atoms with E-state index in [1.165, 1.54) is 0 Å². The second-order valence-corrected chi connectivity index (χ2v) is 6.34. The van der Waals surface area contributed by atoms with Crippen LogP contribution in [0.15, 0.2) is 0 Å². The maximum Gasteiger partial charge on any atom is 0.249 e. The van der Waals surface area contributed by atoms with Crippen molar-refractivity contribution in [2.45, 2.75) is 49.7 Å². The first kappa shape index (κ1) is 14.2. The van der Waals surface area contributed by atoms with Crippen molar-refractivity contribution in [3.63, 3.8) is 0 Å². The third-order valence-electron chi connectivity index (χ3n) is 4.93. The summed E-state index contributed by atoms with van der Waals surface area (Å²) in [6.07, 6.45) is 2.00. The van der Waals surface area contributed by atoms with E-state index in [0.29, 0.717) is 19.7 Å². The Morgan fingerprint density at radius 2 is 1.90 bits per heavy atom. The van der Waals surface area contributed by atoms with Crippen LogP contribution in [-0.4, -0.2) is 55.2 Å². The van der Waals surface area contributed by atoms with Crippen molar-refractivity contribution in [2.24, 2.45) is 5.92 Å². The highest BCUT2D eigenvalue weighted by atomic mass is 19.3. The summed E-state index contributed by atoms with van der Waals surface area (Å²) in [7, 11) is 1.68. The van der Waals surface area contributed by atoms with Gasteiger partial charge in [-0.15, -0.1) is 0 Å². The monoisotopic (exact) mass is 289 g/mol. The van der Waals surface area contributed by atoms with Crippen LogP contribution in [0.5, 0.6) is 0 Å². The second kappa shape index (κ2) is 4.91. The Kier molecular flexibility index (Phi) is 3.49. The first-order valence-electron chi connectivity index (χ1n) is 7.26. The third-order valence-corrected chi connectivity index (χ3v) is 4.93. The van der Waals surface area contributed by atoms with Crippen molar-refractivity contribution in [2.75, 3.05) is 26.8 Å². The van der Waals surface area contributed by atoms with Crippen LogP contribution in [0.2, 0.25) is 0 Å². The molecular weight excluding hydrogens is 268 g/mol. The van der Waals surface area contributed by atoms with Crippen molar-refractivity contribution >= 4 is 5.91 Å². The Labute approximate surface area is 117 Å². The highest BCUT2D eigenvalue weighted by molar-refractivity contribution is 5.80. The molecule has 3 fully saturated rings. The minimum absolute atomic E-state index is 0.105. The quantitative estimate of drug-likeness (QED) is 0.778. The lowest BCUT2D eigenvalue weighted by Gasteiger charge is -2.42. The second-order valence-electron chi connectivity index (χ2n) is 6.34. The number of amides is 1. The van der Waals surface area contributed by atoms with Gasteiger partial charge in [0, 0.05) is 45.4 Å². The van der Waals surface area contributed by atoms with Gasteiger partial charge in [-0.2, -0.15) is 0 Å². The molecule has 2 aliphatic heterocycles. The number of carbonyl (C=O) groups is 1. The number of methoxy groups -OCH3 is 1. The van der Waals surface area contributed by atoms with E-state index in [4.69, 9.17) is 9.47 Å². The molecule has 20 heavy (non-hydrogen) atoms. The molecular formula is C14H21F2NO3. The Morgan fingerprint density at radius 3 is 2.40 bits per heavy atom. The minimum atomic E-state index is -2.63. The van der Waals surface area contributed by atoms with Gasteiger partial charge in [-0.05, 0) is 12.8 Å². The summed E-state index contributed by atoms with van der Waals surface area (Å²) >= 11 is 0. The molecule has 2 heterocycles. The van der Waals surface area contributed by atoms with Crippen molar-refractivity contribution in [1.29, 1.82) is 0 Å². The molecule has 1 amide bonds. The molecule has 4 nitrogen and oxygen atoms in total. The van der Waals surface area contributed by atoms with E-state index in [1.807, 2.05) is 0 Å². The number of piperidine rings is 1. The molecule has 0 aromatic heterocycles. The molecule has 0 N–H and O–H groups in total. The Hall–Kier alpha value is -0.750.